The van der Waals surface area contributed by atoms with E-state index in [-0.39, 0.29) is 0 Å². The Hall–Kier alpha value is -2.06. The Morgan fingerprint density at radius 2 is 1.00 bits per heavy atom. The first-order valence-corrected chi connectivity index (χ1v) is 8.27. The molecular weight excluding hydrogens is 339 g/mol. The first-order valence-electron chi connectivity index (χ1n) is 7.51. The highest BCUT2D eigenvalue weighted by molar-refractivity contribution is 6.30. The van der Waals surface area contributed by atoms with Gasteiger partial charge in [0.1, 0.15) is 5.60 Å². The van der Waals surface area contributed by atoms with Gasteiger partial charge < -0.3 is 5.11 Å². The average Bonchev–Trinajstić information content (AvgIpc) is 2.62. The van der Waals surface area contributed by atoms with Crippen LogP contribution in [0, 0.1) is 0 Å². The Morgan fingerprint density at radius 3 is 1.33 bits per heavy atom. The predicted molar refractivity (Wildman–Crippen MR) is 102 cm³/mol. The minimum absolute atomic E-state index is 0.624. The van der Waals surface area contributed by atoms with E-state index >= 15 is 0 Å². The van der Waals surface area contributed by atoms with Gasteiger partial charge in [0, 0.05) is 10.0 Å². The third kappa shape index (κ3) is 3.11. The van der Waals surface area contributed by atoms with Crippen LogP contribution in [0.5, 0.6) is 0 Å². The second kappa shape index (κ2) is 6.82. The van der Waals surface area contributed by atoms with E-state index < -0.39 is 5.60 Å². The highest BCUT2D eigenvalue weighted by Crippen LogP contribution is 2.37. The Bertz CT molecular complexity index is 789. The molecular formula is C21H16Cl2O. The molecule has 0 heterocycles. The van der Waals surface area contributed by atoms with Gasteiger partial charge in [-0.1, -0.05) is 84.4 Å². The van der Waals surface area contributed by atoms with Gasteiger partial charge in [0.05, 0.1) is 0 Å². The molecule has 0 aromatic heterocycles. The van der Waals surface area contributed by atoms with Crippen LogP contribution in [0.4, 0.5) is 0 Å². The van der Waals surface area contributed by atoms with Gasteiger partial charge in [-0.3, -0.25) is 0 Å². The summed E-state index contributed by atoms with van der Waals surface area (Å²) in [5.74, 6) is 0. The van der Waals surface area contributed by atoms with E-state index in [1.54, 1.807) is 30.3 Å². The van der Waals surface area contributed by atoms with Crippen molar-refractivity contribution in [3.05, 3.63) is 112 Å². The lowest BCUT2D eigenvalue weighted by molar-refractivity contribution is 0.125. The summed E-state index contributed by atoms with van der Waals surface area (Å²) in [6, 6.07) is 22.1. The van der Waals surface area contributed by atoms with Gasteiger partial charge in [-0.05, 0) is 46.5 Å². The number of aliphatic hydroxyl groups is 1. The molecule has 0 atom stereocenters. The summed E-state index contributed by atoms with van der Waals surface area (Å²) < 4.78 is 0. The van der Waals surface area contributed by atoms with Crippen molar-refractivity contribution >= 4 is 29.3 Å². The van der Waals surface area contributed by atoms with Crippen LogP contribution in [0.15, 0.2) is 79.4 Å². The van der Waals surface area contributed by atoms with E-state index in [2.05, 4.69) is 6.58 Å². The standard InChI is InChI=1S/C21H16Cl2O/c1-2-15-3-5-16(6-4-15)21(24,17-7-11-19(22)12-8-17)18-9-13-20(23)14-10-18/h2-14,24H,1H2. The molecule has 0 spiro atoms. The van der Waals surface area contributed by atoms with Crippen LogP contribution >= 0.6 is 23.2 Å². The van der Waals surface area contributed by atoms with E-state index in [9.17, 15) is 5.11 Å². The molecule has 0 fully saturated rings. The van der Waals surface area contributed by atoms with Crippen LogP contribution in [0.2, 0.25) is 10.0 Å². The van der Waals surface area contributed by atoms with Gasteiger partial charge in [0.15, 0.2) is 0 Å². The molecule has 0 aliphatic rings. The number of benzene rings is 3. The van der Waals surface area contributed by atoms with Crippen molar-refractivity contribution in [2.75, 3.05) is 0 Å². The molecule has 3 aromatic carbocycles. The quantitative estimate of drug-likeness (QED) is 0.576. The van der Waals surface area contributed by atoms with Gasteiger partial charge >= 0.3 is 0 Å². The monoisotopic (exact) mass is 354 g/mol. The maximum Gasteiger partial charge on any atom is 0.140 e. The summed E-state index contributed by atoms with van der Waals surface area (Å²) in [6.45, 7) is 3.77. The van der Waals surface area contributed by atoms with Crippen LogP contribution in [0.1, 0.15) is 22.3 Å². The second-order valence-electron chi connectivity index (χ2n) is 5.55. The first-order chi connectivity index (χ1) is 11.5. The Kier molecular flexibility index (Phi) is 4.77. The molecule has 0 aliphatic heterocycles. The van der Waals surface area contributed by atoms with Crippen LogP contribution in [0.3, 0.4) is 0 Å². The minimum atomic E-state index is -1.30. The Labute approximate surface area is 151 Å². The lowest BCUT2D eigenvalue weighted by Gasteiger charge is -2.30. The van der Waals surface area contributed by atoms with Gasteiger partial charge in [0.2, 0.25) is 0 Å². The zero-order valence-corrected chi connectivity index (χ0v) is 14.4. The fourth-order valence-electron chi connectivity index (χ4n) is 2.74. The van der Waals surface area contributed by atoms with Crippen LogP contribution in [0.25, 0.3) is 6.08 Å². The maximum absolute atomic E-state index is 11.7. The highest BCUT2D eigenvalue weighted by atomic mass is 35.5. The molecule has 3 heteroatoms. The summed E-state index contributed by atoms with van der Waals surface area (Å²) in [5, 5.41) is 12.9. The molecule has 120 valence electrons. The van der Waals surface area contributed by atoms with Gasteiger partial charge in [0.25, 0.3) is 0 Å². The minimum Gasteiger partial charge on any atom is -0.376 e. The molecule has 0 aliphatic carbocycles. The molecule has 0 amide bonds. The number of rotatable bonds is 4. The van der Waals surface area contributed by atoms with Crippen molar-refractivity contribution in [3.8, 4) is 0 Å². The van der Waals surface area contributed by atoms with Gasteiger partial charge in [-0.2, -0.15) is 0 Å². The first kappa shape index (κ1) is 16.8. The molecule has 3 aromatic rings. The lowest BCUT2D eigenvalue weighted by atomic mass is 9.80. The SMILES string of the molecule is C=Cc1ccc(C(O)(c2ccc(Cl)cc2)c2ccc(Cl)cc2)cc1. The van der Waals surface area contributed by atoms with Crippen LogP contribution in [-0.2, 0) is 5.60 Å². The molecule has 24 heavy (non-hydrogen) atoms. The molecule has 0 radical (unpaired) electrons. The number of halogens is 2. The number of hydrogen-bond donors (Lipinski definition) is 1. The van der Waals surface area contributed by atoms with Gasteiger partial charge in [-0.15, -0.1) is 0 Å². The lowest BCUT2D eigenvalue weighted by Crippen LogP contribution is -2.28. The van der Waals surface area contributed by atoms with Gasteiger partial charge in [-0.25, -0.2) is 0 Å². The second-order valence-corrected chi connectivity index (χ2v) is 6.42. The summed E-state index contributed by atoms with van der Waals surface area (Å²) in [7, 11) is 0. The van der Waals surface area contributed by atoms with E-state index in [4.69, 9.17) is 23.2 Å². The molecule has 1 nitrogen and oxygen atoms in total. The fraction of sp³-hybridized carbons (Fsp3) is 0.0476. The van der Waals surface area contributed by atoms with E-state index in [1.165, 1.54) is 0 Å². The number of hydrogen-bond acceptors (Lipinski definition) is 1. The predicted octanol–water partition coefficient (Wildman–Crippen LogP) is 5.92. The fourth-order valence-corrected chi connectivity index (χ4v) is 2.99. The topological polar surface area (TPSA) is 20.2 Å². The molecule has 1 N–H and O–H groups in total. The smallest absolute Gasteiger partial charge is 0.140 e. The largest absolute Gasteiger partial charge is 0.376 e. The molecule has 0 saturated carbocycles. The molecule has 0 saturated heterocycles. The van der Waals surface area contributed by atoms with E-state index in [0.29, 0.717) is 10.0 Å². The summed E-state index contributed by atoms with van der Waals surface area (Å²) in [5.41, 5.74) is 1.93. The van der Waals surface area contributed by atoms with Crippen molar-refractivity contribution in [1.29, 1.82) is 0 Å². The highest BCUT2D eigenvalue weighted by Gasteiger charge is 2.33. The normalized spacial score (nSPS) is 11.3. The molecule has 0 bridgehead atoms. The summed E-state index contributed by atoms with van der Waals surface area (Å²) >= 11 is 12.0. The molecule has 0 unspecified atom stereocenters. The van der Waals surface area contributed by atoms with E-state index in [0.717, 1.165) is 22.3 Å². The summed E-state index contributed by atoms with van der Waals surface area (Å²) in [6.07, 6.45) is 1.77. The summed E-state index contributed by atoms with van der Waals surface area (Å²) in [4.78, 5) is 0. The maximum atomic E-state index is 11.7. The third-order valence-corrected chi connectivity index (χ3v) is 4.59. The van der Waals surface area contributed by atoms with Crippen molar-refractivity contribution < 1.29 is 5.11 Å². The van der Waals surface area contributed by atoms with E-state index in [1.807, 2.05) is 48.5 Å². The Balaban J connectivity index is 2.20. The Morgan fingerprint density at radius 1 is 0.667 bits per heavy atom. The molecule has 3 rings (SSSR count). The zero-order chi connectivity index (χ0) is 17.2. The van der Waals surface area contributed by atoms with Crippen molar-refractivity contribution in [2.24, 2.45) is 0 Å². The van der Waals surface area contributed by atoms with Crippen molar-refractivity contribution in [2.45, 2.75) is 5.60 Å². The van der Waals surface area contributed by atoms with Crippen LogP contribution < -0.4 is 0 Å². The van der Waals surface area contributed by atoms with Crippen molar-refractivity contribution in [3.63, 3.8) is 0 Å². The zero-order valence-electron chi connectivity index (χ0n) is 12.9. The van der Waals surface area contributed by atoms with Crippen molar-refractivity contribution in [1.82, 2.24) is 0 Å². The van der Waals surface area contributed by atoms with Crippen LogP contribution in [-0.4, -0.2) is 5.11 Å². The third-order valence-electron chi connectivity index (χ3n) is 4.09. The average molecular weight is 355 g/mol.